The Morgan fingerprint density at radius 3 is 2.43 bits per heavy atom. The predicted octanol–water partition coefficient (Wildman–Crippen LogP) is 3.39. The number of nitrogens with one attached hydrogen (secondary N) is 1. The van der Waals surface area contributed by atoms with E-state index in [1.165, 1.54) is 25.1 Å². The van der Waals surface area contributed by atoms with E-state index in [1.807, 2.05) is 19.1 Å². The van der Waals surface area contributed by atoms with Gasteiger partial charge >= 0.3 is 5.97 Å². The molecule has 0 fully saturated rings. The van der Waals surface area contributed by atoms with Gasteiger partial charge in [-0.1, -0.05) is 48.9 Å². The van der Waals surface area contributed by atoms with Crippen molar-refractivity contribution in [2.24, 2.45) is 0 Å². The van der Waals surface area contributed by atoms with Crippen LogP contribution in [0, 0.1) is 0 Å². The first-order chi connectivity index (χ1) is 13.2. The Hall–Kier alpha value is -2.22. The molecule has 0 aliphatic heterocycles. The van der Waals surface area contributed by atoms with Crippen molar-refractivity contribution in [1.82, 2.24) is 4.72 Å². The average Bonchev–Trinajstić information content (AvgIpc) is 2.67. The van der Waals surface area contributed by atoms with E-state index in [1.54, 1.807) is 18.2 Å². The summed E-state index contributed by atoms with van der Waals surface area (Å²) in [5.41, 5.74) is 1.56. The summed E-state index contributed by atoms with van der Waals surface area (Å²) in [7, 11) is -3.78. The molecule has 6 nitrogen and oxygen atoms in total. The molecule has 0 saturated carbocycles. The first kappa shape index (κ1) is 22.1. The highest BCUT2D eigenvalue weighted by Crippen LogP contribution is 2.15. The predicted molar refractivity (Wildman–Crippen MR) is 107 cm³/mol. The number of hydrogen-bond acceptors (Lipinski definition) is 5. The van der Waals surface area contributed by atoms with Crippen LogP contribution in [0.4, 0.5) is 0 Å². The Morgan fingerprint density at radius 1 is 1.14 bits per heavy atom. The van der Waals surface area contributed by atoms with E-state index < -0.39 is 22.1 Å². The molecule has 2 aromatic rings. The lowest BCUT2D eigenvalue weighted by atomic mass is 10.0. The third kappa shape index (κ3) is 6.15. The number of ketones is 1. The van der Waals surface area contributed by atoms with Gasteiger partial charge in [-0.05, 0) is 37.1 Å². The lowest BCUT2D eigenvalue weighted by Crippen LogP contribution is -2.29. The largest absolute Gasteiger partial charge is 0.454 e. The van der Waals surface area contributed by atoms with E-state index in [-0.39, 0.29) is 23.6 Å². The highest BCUT2D eigenvalue weighted by atomic mass is 35.5. The van der Waals surface area contributed by atoms with Crippen LogP contribution in [0.3, 0.4) is 0 Å². The van der Waals surface area contributed by atoms with Crippen LogP contribution in [0.25, 0.3) is 0 Å². The van der Waals surface area contributed by atoms with Crippen LogP contribution >= 0.6 is 11.6 Å². The van der Waals surface area contributed by atoms with Crippen molar-refractivity contribution in [1.29, 1.82) is 0 Å². The number of ether oxygens (including phenoxy) is 1. The zero-order chi connectivity index (χ0) is 20.7. The molecule has 150 valence electrons. The number of hydrogen-bond donors (Lipinski definition) is 1. The van der Waals surface area contributed by atoms with E-state index in [0.717, 1.165) is 12.0 Å². The maximum atomic E-state index is 12.3. The van der Waals surface area contributed by atoms with Crippen LogP contribution in [-0.2, 0) is 26.0 Å². The van der Waals surface area contributed by atoms with E-state index in [0.29, 0.717) is 10.6 Å². The third-order valence-electron chi connectivity index (χ3n) is 4.05. The van der Waals surface area contributed by atoms with Crippen LogP contribution in [0.1, 0.15) is 36.2 Å². The molecule has 0 spiro atoms. The topological polar surface area (TPSA) is 89.5 Å². The number of esters is 1. The molecule has 1 unspecified atom stereocenters. The van der Waals surface area contributed by atoms with Gasteiger partial charge in [-0.3, -0.25) is 9.59 Å². The van der Waals surface area contributed by atoms with Gasteiger partial charge in [-0.2, -0.15) is 0 Å². The Bertz CT molecular complexity index is 941. The Balaban J connectivity index is 1.85. The number of sulfonamides is 1. The second-order valence-electron chi connectivity index (χ2n) is 6.15. The molecule has 0 aliphatic rings. The van der Waals surface area contributed by atoms with Crippen LogP contribution in [-0.4, -0.2) is 32.8 Å². The van der Waals surface area contributed by atoms with Gasteiger partial charge in [-0.25, -0.2) is 13.1 Å². The molecule has 28 heavy (non-hydrogen) atoms. The highest BCUT2D eigenvalue weighted by molar-refractivity contribution is 7.89. The molecule has 0 heterocycles. The molecule has 0 bridgehead atoms. The highest BCUT2D eigenvalue weighted by Gasteiger charge is 2.20. The SMILES string of the molecule is CCc1ccc(C(=O)C(C)OC(=O)CCNS(=O)(=O)c2cccc(Cl)c2)cc1. The Labute approximate surface area is 169 Å². The van der Waals surface area contributed by atoms with Crippen LogP contribution < -0.4 is 4.72 Å². The van der Waals surface area contributed by atoms with E-state index in [2.05, 4.69) is 4.72 Å². The maximum absolute atomic E-state index is 12.3. The van der Waals surface area contributed by atoms with E-state index >= 15 is 0 Å². The molecule has 0 aromatic heterocycles. The van der Waals surface area contributed by atoms with Crippen LogP contribution in [0.15, 0.2) is 53.4 Å². The molecular formula is C20H22ClNO5S. The number of Topliss-reactive ketones (excluding diaryl/α,β-unsaturated/α-hetero) is 1. The van der Waals surface area contributed by atoms with E-state index in [9.17, 15) is 18.0 Å². The molecule has 0 amide bonds. The lowest BCUT2D eigenvalue weighted by molar-refractivity contribution is -0.146. The lowest BCUT2D eigenvalue weighted by Gasteiger charge is -2.13. The van der Waals surface area contributed by atoms with Gasteiger partial charge in [0.05, 0.1) is 11.3 Å². The van der Waals surface area contributed by atoms with Crippen LogP contribution in [0.2, 0.25) is 5.02 Å². The second-order valence-corrected chi connectivity index (χ2v) is 8.36. The number of benzene rings is 2. The van der Waals surface area contributed by atoms with Gasteiger partial charge in [0.25, 0.3) is 0 Å². The summed E-state index contributed by atoms with van der Waals surface area (Å²) in [6, 6.07) is 12.9. The molecule has 2 aromatic carbocycles. The van der Waals surface area contributed by atoms with Gasteiger partial charge in [0.15, 0.2) is 6.10 Å². The van der Waals surface area contributed by atoms with E-state index in [4.69, 9.17) is 16.3 Å². The summed E-state index contributed by atoms with van der Waals surface area (Å²) >= 11 is 5.79. The molecule has 1 N–H and O–H groups in total. The molecule has 0 aliphatic carbocycles. The van der Waals surface area contributed by atoms with Crippen molar-refractivity contribution in [2.45, 2.75) is 37.7 Å². The summed E-state index contributed by atoms with van der Waals surface area (Å²) < 4.78 is 31.7. The minimum absolute atomic E-state index is 0.00689. The molecular weight excluding hydrogens is 402 g/mol. The Morgan fingerprint density at radius 2 is 1.82 bits per heavy atom. The van der Waals surface area contributed by atoms with Gasteiger partial charge in [0.1, 0.15) is 0 Å². The normalized spacial score (nSPS) is 12.4. The zero-order valence-electron chi connectivity index (χ0n) is 15.6. The summed E-state index contributed by atoms with van der Waals surface area (Å²) in [4.78, 5) is 24.3. The van der Waals surface area contributed by atoms with Crippen molar-refractivity contribution < 1.29 is 22.7 Å². The molecule has 0 radical (unpaired) electrons. The molecule has 1 atom stereocenters. The maximum Gasteiger partial charge on any atom is 0.307 e. The third-order valence-corrected chi connectivity index (χ3v) is 5.75. The number of aryl methyl sites for hydroxylation is 1. The van der Waals surface area contributed by atoms with Crippen molar-refractivity contribution in [3.63, 3.8) is 0 Å². The minimum atomic E-state index is -3.78. The number of carbonyl (C=O) groups excluding carboxylic acids is 2. The summed E-state index contributed by atoms with van der Waals surface area (Å²) in [6.07, 6.45) is -0.291. The molecule has 0 saturated heterocycles. The first-order valence-corrected chi connectivity index (χ1v) is 10.7. The van der Waals surface area contributed by atoms with Gasteiger partial charge < -0.3 is 4.74 Å². The zero-order valence-corrected chi connectivity index (χ0v) is 17.2. The number of halogens is 1. The summed E-state index contributed by atoms with van der Waals surface area (Å²) in [5, 5.41) is 0.293. The Kier molecular flexibility index (Phi) is 7.74. The van der Waals surface area contributed by atoms with Crippen molar-refractivity contribution in [2.75, 3.05) is 6.54 Å². The van der Waals surface area contributed by atoms with Crippen molar-refractivity contribution in [3.05, 3.63) is 64.7 Å². The minimum Gasteiger partial charge on any atom is -0.454 e. The second kappa shape index (κ2) is 9.82. The standard InChI is InChI=1S/C20H22ClNO5S/c1-3-15-7-9-16(10-8-15)20(24)14(2)27-19(23)11-12-22-28(25,26)18-6-4-5-17(21)13-18/h4-10,13-14,22H,3,11-12H2,1-2H3. The van der Waals surface area contributed by atoms with Crippen LogP contribution in [0.5, 0.6) is 0 Å². The van der Waals surface area contributed by atoms with Gasteiger partial charge in [-0.15, -0.1) is 0 Å². The van der Waals surface area contributed by atoms with Gasteiger partial charge in [0, 0.05) is 17.1 Å². The fourth-order valence-corrected chi connectivity index (χ4v) is 3.79. The molecule has 8 heteroatoms. The van der Waals surface area contributed by atoms with Gasteiger partial charge in [0.2, 0.25) is 15.8 Å². The van der Waals surface area contributed by atoms with Crippen molar-refractivity contribution in [3.8, 4) is 0 Å². The van der Waals surface area contributed by atoms with Crippen molar-refractivity contribution >= 4 is 33.4 Å². The smallest absolute Gasteiger partial charge is 0.307 e. The fraction of sp³-hybridized carbons (Fsp3) is 0.300. The quantitative estimate of drug-likeness (QED) is 0.493. The monoisotopic (exact) mass is 423 g/mol. The summed E-state index contributed by atoms with van der Waals surface area (Å²) in [6.45, 7) is 3.35. The first-order valence-electron chi connectivity index (χ1n) is 8.81. The number of rotatable bonds is 9. The molecule has 2 rings (SSSR count). The fourth-order valence-electron chi connectivity index (χ4n) is 2.45. The summed E-state index contributed by atoms with van der Waals surface area (Å²) in [5.74, 6) is -0.977. The number of carbonyl (C=O) groups is 2. The average molecular weight is 424 g/mol.